The van der Waals surface area contributed by atoms with Gasteiger partial charge in [-0.25, -0.2) is 30.9 Å². The van der Waals surface area contributed by atoms with Crippen molar-refractivity contribution in [3.8, 4) is 0 Å². The van der Waals surface area contributed by atoms with Crippen LogP contribution in [0, 0.1) is 5.92 Å². The number of sulfonamides is 1. The lowest BCUT2D eigenvalue weighted by atomic mass is 9.84. The van der Waals surface area contributed by atoms with Crippen molar-refractivity contribution in [2.24, 2.45) is 11.1 Å². The third kappa shape index (κ3) is 4.19. The van der Waals surface area contributed by atoms with Gasteiger partial charge >= 0.3 is 0 Å². The average molecular weight is 478 g/mol. The predicted octanol–water partition coefficient (Wildman–Crippen LogP) is 2.50. The lowest BCUT2D eigenvalue weighted by Crippen LogP contribution is -2.37. The van der Waals surface area contributed by atoms with Crippen LogP contribution in [-0.2, 0) is 20.0 Å². The fourth-order valence-corrected chi connectivity index (χ4v) is 6.48. The van der Waals surface area contributed by atoms with Gasteiger partial charge in [-0.1, -0.05) is 18.2 Å². The van der Waals surface area contributed by atoms with E-state index in [4.69, 9.17) is 10.9 Å². The number of hydrogen-bond acceptors (Lipinski definition) is 7. The third-order valence-electron chi connectivity index (χ3n) is 6.31. The Morgan fingerprint density at radius 1 is 1.06 bits per heavy atom. The molecule has 0 radical (unpaired) electrons. The van der Waals surface area contributed by atoms with Gasteiger partial charge in [0, 0.05) is 17.6 Å². The molecular weight excluding hydrogens is 450 g/mol. The first-order valence-electron chi connectivity index (χ1n) is 10.4. The minimum absolute atomic E-state index is 0.0231. The van der Waals surface area contributed by atoms with Crippen LogP contribution in [0.25, 0.3) is 11.0 Å². The molecule has 0 saturated heterocycles. The number of nitrogens with zero attached hydrogens (tertiary/aromatic N) is 2. The molecule has 1 aliphatic carbocycles. The van der Waals surface area contributed by atoms with Crippen LogP contribution in [-0.4, -0.2) is 37.1 Å². The van der Waals surface area contributed by atoms with Crippen molar-refractivity contribution in [3.63, 3.8) is 0 Å². The standard InChI is InChI=1S/C21H27N5O4S2/c1-14(31(23,27)28)15-7-9-16(10-8-15)25-20-18-11-12-26(21(18)24-13-19(20)22)32(29,30)17-5-3-2-4-6-17/h2-6,11-16H,7-10,22H2,1H3,(H,24,25)(H2,23,27,28)/t14?,15-,16-. The molecule has 9 nitrogen and oxygen atoms in total. The molecule has 1 saturated carbocycles. The van der Waals surface area contributed by atoms with E-state index in [1.54, 1.807) is 43.3 Å². The molecular formula is C21H27N5O4S2. The van der Waals surface area contributed by atoms with E-state index in [1.807, 2.05) is 0 Å². The third-order valence-corrected chi connectivity index (χ3v) is 9.41. The van der Waals surface area contributed by atoms with E-state index in [-0.39, 0.29) is 16.9 Å². The van der Waals surface area contributed by atoms with Crippen molar-refractivity contribution >= 4 is 42.5 Å². The minimum atomic E-state index is -3.80. The highest BCUT2D eigenvalue weighted by Crippen LogP contribution is 2.35. The number of nitrogen functional groups attached to an aromatic ring is 1. The second-order valence-corrected chi connectivity index (χ2v) is 12.0. The van der Waals surface area contributed by atoms with Gasteiger partial charge < -0.3 is 11.1 Å². The summed E-state index contributed by atoms with van der Waals surface area (Å²) in [5.74, 6) is 0.0231. The largest absolute Gasteiger partial charge is 0.396 e. The summed E-state index contributed by atoms with van der Waals surface area (Å²) in [5.41, 5.74) is 7.54. The van der Waals surface area contributed by atoms with Gasteiger partial charge in [0.25, 0.3) is 10.0 Å². The molecule has 0 aliphatic heterocycles. The maximum atomic E-state index is 13.1. The highest BCUT2D eigenvalue weighted by atomic mass is 32.2. The quantitative estimate of drug-likeness (QED) is 0.493. The van der Waals surface area contributed by atoms with Crippen LogP contribution in [0.15, 0.2) is 53.7 Å². The fraction of sp³-hybridized carbons (Fsp3) is 0.381. The van der Waals surface area contributed by atoms with Crippen molar-refractivity contribution in [1.82, 2.24) is 8.96 Å². The fourth-order valence-electron chi connectivity index (χ4n) is 4.34. The van der Waals surface area contributed by atoms with Gasteiger partial charge in [0.05, 0.1) is 27.7 Å². The first-order valence-corrected chi connectivity index (χ1v) is 13.5. The molecule has 2 heterocycles. The molecule has 11 heteroatoms. The summed E-state index contributed by atoms with van der Waals surface area (Å²) in [6.45, 7) is 1.66. The van der Waals surface area contributed by atoms with Crippen LogP contribution in [0.4, 0.5) is 11.4 Å². The normalized spacial score (nSPS) is 20.8. The van der Waals surface area contributed by atoms with E-state index in [9.17, 15) is 16.8 Å². The van der Waals surface area contributed by atoms with Gasteiger partial charge in [0.1, 0.15) is 0 Å². The number of nitrogens with one attached hydrogen (secondary N) is 1. The smallest absolute Gasteiger partial charge is 0.269 e. The molecule has 1 aromatic carbocycles. The Hall–Kier alpha value is -2.63. The van der Waals surface area contributed by atoms with E-state index in [0.29, 0.717) is 22.4 Å². The predicted molar refractivity (Wildman–Crippen MR) is 125 cm³/mol. The first kappa shape index (κ1) is 22.6. The molecule has 4 rings (SSSR count). The van der Waals surface area contributed by atoms with E-state index in [2.05, 4.69) is 10.3 Å². The summed E-state index contributed by atoms with van der Waals surface area (Å²) in [7, 11) is -7.36. The van der Waals surface area contributed by atoms with Crippen LogP contribution in [0.5, 0.6) is 0 Å². The molecule has 0 bridgehead atoms. The average Bonchev–Trinajstić information content (AvgIpc) is 3.21. The molecule has 1 atom stereocenters. The van der Waals surface area contributed by atoms with Crippen LogP contribution >= 0.6 is 0 Å². The molecule has 5 N–H and O–H groups in total. The molecule has 1 aliphatic rings. The maximum absolute atomic E-state index is 13.1. The van der Waals surface area contributed by atoms with Crippen molar-refractivity contribution in [2.45, 2.75) is 48.8 Å². The Morgan fingerprint density at radius 3 is 2.34 bits per heavy atom. The zero-order valence-corrected chi connectivity index (χ0v) is 19.3. The number of benzene rings is 1. The number of hydrogen-bond donors (Lipinski definition) is 3. The summed E-state index contributed by atoms with van der Waals surface area (Å²) in [5, 5.41) is 8.80. The Bertz CT molecular complexity index is 1330. The molecule has 32 heavy (non-hydrogen) atoms. The van der Waals surface area contributed by atoms with Gasteiger partial charge in [-0.15, -0.1) is 0 Å². The van der Waals surface area contributed by atoms with Crippen molar-refractivity contribution in [1.29, 1.82) is 0 Å². The van der Waals surface area contributed by atoms with Crippen molar-refractivity contribution in [2.75, 3.05) is 11.1 Å². The second kappa shape index (κ2) is 8.38. The Morgan fingerprint density at radius 2 is 1.72 bits per heavy atom. The Labute approximate surface area is 187 Å². The Kier molecular flexibility index (Phi) is 5.91. The minimum Gasteiger partial charge on any atom is -0.396 e. The van der Waals surface area contributed by atoms with Gasteiger partial charge in [0.15, 0.2) is 5.65 Å². The lowest BCUT2D eigenvalue weighted by molar-refractivity contribution is 0.330. The number of anilines is 2. The number of rotatable bonds is 6. The lowest BCUT2D eigenvalue weighted by Gasteiger charge is -2.32. The molecule has 1 unspecified atom stereocenters. The van der Waals surface area contributed by atoms with Crippen LogP contribution in [0.1, 0.15) is 32.6 Å². The molecule has 1 fully saturated rings. The number of aromatic nitrogens is 2. The summed E-state index contributed by atoms with van der Waals surface area (Å²) < 4.78 is 50.7. The van der Waals surface area contributed by atoms with Crippen LogP contribution in [0.2, 0.25) is 0 Å². The molecule has 0 amide bonds. The van der Waals surface area contributed by atoms with Gasteiger partial charge in [0.2, 0.25) is 10.0 Å². The molecule has 2 aromatic heterocycles. The topological polar surface area (TPSA) is 150 Å². The highest BCUT2D eigenvalue weighted by molar-refractivity contribution is 7.90. The molecule has 0 spiro atoms. The maximum Gasteiger partial charge on any atom is 0.269 e. The summed E-state index contributed by atoms with van der Waals surface area (Å²) in [6.07, 6.45) is 5.92. The SMILES string of the molecule is CC([C@H]1CC[C@H](Nc2c(N)cnc3c2ccn3S(=O)(=O)c2ccccc2)CC1)S(N)(=O)=O. The molecule has 172 valence electrons. The van der Waals surface area contributed by atoms with Gasteiger partial charge in [-0.3, -0.25) is 0 Å². The zero-order valence-electron chi connectivity index (χ0n) is 17.7. The van der Waals surface area contributed by atoms with Gasteiger partial charge in [-0.05, 0) is 56.7 Å². The molecule has 3 aromatic rings. The second-order valence-electron chi connectivity index (χ2n) is 8.31. The van der Waals surface area contributed by atoms with E-state index in [0.717, 1.165) is 29.7 Å². The van der Waals surface area contributed by atoms with E-state index < -0.39 is 25.3 Å². The number of fused-ring (bicyclic) bond motifs is 1. The van der Waals surface area contributed by atoms with E-state index in [1.165, 1.54) is 12.4 Å². The van der Waals surface area contributed by atoms with Crippen molar-refractivity contribution in [3.05, 3.63) is 48.8 Å². The van der Waals surface area contributed by atoms with E-state index >= 15 is 0 Å². The van der Waals surface area contributed by atoms with Gasteiger partial charge in [-0.2, -0.15) is 0 Å². The summed E-state index contributed by atoms with van der Waals surface area (Å²) in [4.78, 5) is 4.46. The van der Waals surface area contributed by atoms with Crippen LogP contribution in [0.3, 0.4) is 0 Å². The Balaban J connectivity index is 1.59. The summed E-state index contributed by atoms with van der Waals surface area (Å²) >= 11 is 0. The van der Waals surface area contributed by atoms with Crippen molar-refractivity contribution < 1.29 is 16.8 Å². The number of pyridine rings is 1. The number of nitrogens with two attached hydrogens (primary N) is 2. The number of primary sulfonamides is 1. The summed E-state index contributed by atoms with van der Waals surface area (Å²) in [6, 6.07) is 9.95. The zero-order chi connectivity index (χ0) is 23.1. The first-order chi connectivity index (χ1) is 15.1. The monoisotopic (exact) mass is 477 g/mol. The highest BCUT2D eigenvalue weighted by Gasteiger charge is 2.31. The van der Waals surface area contributed by atoms with Crippen LogP contribution < -0.4 is 16.2 Å².